The number of aryl methyl sites for hydroxylation is 1. The molecule has 6 nitrogen and oxygen atoms in total. The Kier molecular flexibility index (Phi) is 4.71. The first-order valence-electron chi connectivity index (χ1n) is 9.52. The van der Waals surface area contributed by atoms with Gasteiger partial charge in [0.15, 0.2) is 17.5 Å². The molecule has 30 heavy (non-hydrogen) atoms. The smallest absolute Gasteiger partial charge is 0.228 e. The number of imidazole rings is 1. The minimum absolute atomic E-state index is 0.442. The van der Waals surface area contributed by atoms with Crippen LogP contribution in [-0.2, 0) is 13.0 Å². The van der Waals surface area contributed by atoms with Crippen LogP contribution in [0, 0.1) is 11.6 Å². The number of benzene rings is 2. The molecule has 0 atom stereocenters. The lowest BCUT2D eigenvalue weighted by molar-refractivity contribution is 0.506. The Hall–Kier alpha value is -3.26. The minimum Gasteiger partial charge on any atom is -0.311 e. The normalized spacial score (nSPS) is 13.5. The van der Waals surface area contributed by atoms with Gasteiger partial charge in [0.05, 0.1) is 0 Å². The van der Waals surface area contributed by atoms with Crippen molar-refractivity contribution < 1.29 is 8.78 Å². The number of rotatable bonds is 4. The Balaban J connectivity index is 1.38. The quantitative estimate of drug-likeness (QED) is 0.481. The SMILES string of the molecule is Fc1ccc(N2CCCn3nc(Cc4ccc(-n5cnc(Cl)c5)cc4)nc32)cc1F. The monoisotopic (exact) mass is 426 g/mol. The molecule has 1 aliphatic heterocycles. The Morgan fingerprint density at radius 2 is 1.77 bits per heavy atom. The van der Waals surface area contributed by atoms with Crippen LogP contribution in [0.4, 0.5) is 20.4 Å². The van der Waals surface area contributed by atoms with E-state index < -0.39 is 11.6 Å². The zero-order valence-corrected chi connectivity index (χ0v) is 16.6. The van der Waals surface area contributed by atoms with Gasteiger partial charge in [-0.05, 0) is 36.2 Å². The highest BCUT2D eigenvalue weighted by atomic mass is 35.5. The molecule has 2 aromatic heterocycles. The Morgan fingerprint density at radius 1 is 0.967 bits per heavy atom. The average Bonchev–Trinajstić information content (AvgIpc) is 3.36. The molecule has 0 unspecified atom stereocenters. The highest BCUT2D eigenvalue weighted by molar-refractivity contribution is 6.29. The molecule has 5 rings (SSSR count). The number of halogens is 3. The van der Waals surface area contributed by atoms with Crippen molar-refractivity contribution in [1.82, 2.24) is 24.3 Å². The van der Waals surface area contributed by atoms with Crippen LogP contribution in [0.3, 0.4) is 0 Å². The first-order chi connectivity index (χ1) is 14.6. The largest absolute Gasteiger partial charge is 0.311 e. The molecule has 3 heterocycles. The van der Waals surface area contributed by atoms with Crippen LogP contribution in [0.2, 0.25) is 5.15 Å². The molecule has 0 radical (unpaired) electrons. The zero-order valence-electron chi connectivity index (χ0n) is 15.8. The maximum absolute atomic E-state index is 13.7. The third kappa shape index (κ3) is 3.54. The van der Waals surface area contributed by atoms with Gasteiger partial charge in [0.2, 0.25) is 5.95 Å². The van der Waals surface area contributed by atoms with Gasteiger partial charge in [-0.1, -0.05) is 23.7 Å². The Morgan fingerprint density at radius 3 is 2.50 bits per heavy atom. The molecular formula is C21H17ClF2N6. The van der Waals surface area contributed by atoms with Crippen LogP contribution in [0.25, 0.3) is 5.69 Å². The molecule has 0 saturated heterocycles. The van der Waals surface area contributed by atoms with Crippen molar-refractivity contribution in [2.45, 2.75) is 19.4 Å². The Labute approximate surface area is 176 Å². The van der Waals surface area contributed by atoms with Gasteiger partial charge in [-0.25, -0.2) is 18.4 Å². The van der Waals surface area contributed by atoms with E-state index in [0.29, 0.717) is 35.6 Å². The van der Waals surface area contributed by atoms with Crippen LogP contribution in [0.1, 0.15) is 17.8 Å². The van der Waals surface area contributed by atoms with Crippen LogP contribution in [-0.4, -0.2) is 30.9 Å². The molecule has 0 fully saturated rings. The predicted molar refractivity (Wildman–Crippen MR) is 109 cm³/mol. The maximum atomic E-state index is 13.7. The molecular weight excluding hydrogens is 410 g/mol. The van der Waals surface area contributed by atoms with Gasteiger partial charge >= 0.3 is 0 Å². The first kappa shape index (κ1) is 18.7. The van der Waals surface area contributed by atoms with E-state index in [1.54, 1.807) is 18.6 Å². The summed E-state index contributed by atoms with van der Waals surface area (Å²) in [6.07, 6.45) is 4.82. The fourth-order valence-electron chi connectivity index (χ4n) is 3.59. The van der Waals surface area contributed by atoms with E-state index in [9.17, 15) is 8.78 Å². The topological polar surface area (TPSA) is 51.8 Å². The number of nitrogens with zero attached hydrogens (tertiary/aromatic N) is 6. The van der Waals surface area contributed by atoms with Gasteiger partial charge in [0.25, 0.3) is 0 Å². The van der Waals surface area contributed by atoms with Crippen molar-refractivity contribution in [3.05, 3.63) is 83.2 Å². The van der Waals surface area contributed by atoms with Gasteiger partial charge in [-0.3, -0.25) is 0 Å². The van der Waals surface area contributed by atoms with E-state index in [0.717, 1.165) is 30.3 Å². The summed E-state index contributed by atoms with van der Waals surface area (Å²) in [6.45, 7) is 1.41. The number of anilines is 2. The van der Waals surface area contributed by atoms with Crippen molar-refractivity contribution in [3.63, 3.8) is 0 Å². The van der Waals surface area contributed by atoms with Crippen LogP contribution in [0.15, 0.2) is 55.0 Å². The molecule has 152 valence electrons. The van der Waals surface area contributed by atoms with Gasteiger partial charge in [0.1, 0.15) is 11.5 Å². The zero-order chi connectivity index (χ0) is 20.7. The van der Waals surface area contributed by atoms with Crippen LogP contribution < -0.4 is 4.90 Å². The summed E-state index contributed by atoms with van der Waals surface area (Å²) in [4.78, 5) is 10.6. The van der Waals surface area contributed by atoms with Crippen LogP contribution in [0.5, 0.6) is 0 Å². The Bertz CT molecular complexity index is 1200. The molecule has 0 aliphatic carbocycles. The summed E-state index contributed by atoms with van der Waals surface area (Å²) in [5.74, 6) is -0.409. The molecule has 0 amide bonds. The van der Waals surface area contributed by atoms with Crippen molar-refractivity contribution in [2.24, 2.45) is 0 Å². The van der Waals surface area contributed by atoms with E-state index in [-0.39, 0.29) is 0 Å². The fourth-order valence-corrected chi connectivity index (χ4v) is 3.74. The van der Waals surface area contributed by atoms with Gasteiger partial charge < -0.3 is 9.47 Å². The summed E-state index contributed by atoms with van der Waals surface area (Å²) in [5.41, 5.74) is 2.59. The van der Waals surface area contributed by atoms with E-state index >= 15 is 0 Å². The third-order valence-electron chi connectivity index (χ3n) is 5.05. The molecule has 2 aromatic carbocycles. The van der Waals surface area contributed by atoms with Crippen LogP contribution >= 0.6 is 11.6 Å². The molecule has 0 saturated carbocycles. The molecule has 0 N–H and O–H groups in total. The second-order valence-electron chi connectivity index (χ2n) is 7.10. The third-order valence-corrected chi connectivity index (χ3v) is 5.25. The first-order valence-corrected chi connectivity index (χ1v) is 9.90. The predicted octanol–water partition coefficient (Wildman–Crippen LogP) is 4.53. The maximum Gasteiger partial charge on any atom is 0.228 e. The number of fused-ring (bicyclic) bond motifs is 1. The van der Waals surface area contributed by atoms with Crippen molar-refractivity contribution in [3.8, 4) is 5.69 Å². The summed E-state index contributed by atoms with van der Waals surface area (Å²) in [6, 6.07) is 11.9. The van der Waals surface area contributed by atoms with Gasteiger partial charge in [0, 0.05) is 43.1 Å². The molecule has 1 aliphatic rings. The van der Waals surface area contributed by atoms with E-state index in [1.165, 1.54) is 6.07 Å². The average molecular weight is 427 g/mol. The summed E-state index contributed by atoms with van der Waals surface area (Å²) >= 11 is 5.88. The second kappa shape index (κ2) is 7.53. The minimum atomic E-state index is -0.872. The second-order valence-corrected chi connectivity index (χ2v) is 7.49. The lowest BCUT2D eigenvalue weighted by Crippen LogP contribution is -2.28. The summed E-state index contributed by atoms with van der Waals surface area (Å²) in [5, 5.41) is 5.05. The highest BCUT2D eigenvalue weighted by Gasteiger charge is 2.23. The molecule has 0 spiro atoms. The molecule has 0 bridgehead atoms. The number of hydrogen-bond donors (Lipinski definition) is 0. The standard InChI is InChI=1S/C21H17ClF2N6/c22-19-12-28(13-25-19)15-4-2-14(3-5-15)10-20-26-21-29(8-1-9-30(21)27-20)16-6-7-17(23)18(24)11-16/h2-7,11-13H,1,8-10H2. The van der Waals surface area contributed by atoms with E-state index in [1.807, 2.05) is 38.4 Å². The molecule has 4 aromatic rings. The fraction of sp³-hybridized carbons (Fsp3) is 0.190. The van der Waals surface area contributed by atoms with Crippen molar-refractivity contribution >= 4 is 23.2 Å². The summed E-state index contributed by atoms with van der Waals surface area (Å²) < 4.78 is 30.7. The van der Waals surface area contributed by atoms with E-state index in [2.05, 4.69) is 15.1 Å². The van der Waals surface area contributed by atoms with Gasteiger partial charge in [-0.15, -0.1) is 0 Å². The summed E-state index contributed by atoms with van der Waals surface area (Å²) in [7, 11) is 0. The highest BCUT2D eigenvalue weighted by Crippen LogP contribution is 2.29. The van der Waals surface area contributed by atoms with Crippen molar-refractivity contribution in [2.75, 3.05) is 11.4 Å². The lowest BCUT2D eigenvalue weighted by atomic mass is 10.1. The van der Waals surface area contributed by atoms with Crippen molar-refractivity contribution in [1.29, 1.82) is 0 Å². The van der Waals surface area contributed by atoms with Gasteiger partial charge in [-0.2, -0.15) is 10.1 Å². The molecule has 9 heteroatoms. The number of aromatic nitrogens is 5. The lowest BCUT2D eigenvalue weighted by Gasteiger charge is -2.27. The number of hydrogen-bond acceptors (Lipinski definition) is 4. The van der Waals surface area contributed by atoms with E-state index in [4.69, 9.17) is 11.6 Å².